The Kier molecular flexibility index (Phi) is 8.42. The monoisotopic (exact) mass is 570 g/mol. The summed E-state index contributed by atoms with van der Waals surface area (Å²) in [6, 6.07) is 16.1. The minimum atomic E-state index is -1.31. The number of thiophene rings is 1. The second-order valence-corrected chi connectivity index (χ2v) is 10.5. The van der Waals surface area contributed by atoms with Crippen LogP contribution in [0.4, 0.5) is 0 Å². The molecule has 0 aliphatic carbocycles. The Morgan fingerprint density at radius 2 is 1.83 bits per heavy atom. The van der Waals surface area contributed by atoms with E-state index < -0.39 is 11.9 Å². The second kappa shape index (κ2) is 12.3. The molecule has 3 heterocycles. The zero-order chi connectivity index (χ0) is 28.9. The van der Waals surface area contributed by atoms with Gasteiger partial charge < -0.3 is 26.2 Å². The molecule has 0 saturated heterocycles. The van der Waals surface area contributed by atoms with Gasteiger partial charge in [0, 0.05) is 53.2 Å². The van der Waals surface area contributed by atoms with Gasteiger partial charge in [0.1, 0.15) is 11.4 Å². The third kappa shape index (κ3) is 5.98. The van der Waals surface area contributed by atoms with Crippen molar-refractivity contribution in [3.63, 3.8) is 0 Å². The average molecular weight is 571 g/mol. The number of nitrogens with one attached hydrogen (secondary N) is 2. The lowest BCUT2D eigenvalue weighted by molar-refractivity contribution is 0.0690. The number of nitrogens with zero attached hydrogens (tertiary/aromatic N) is 1. The van der Waals surface area contributed by atoms with Crippen LogP contribution in [0.25, 0.3) is 21.6 Å². The van der Waals surface area contributed by atoms with Gasteiger partial charge in [0.15, 0.2) is 5.69 Å². The molecule has 0 spiro atoms. The number of carboxylic acid groups (broad SMARTS) is 1. The average Bonchev–Trinajstić information content (AvgIpc) is 3.39. The van der Waals surface area contributed by atoms with Gasteiger partial charge in [-0.3, -0.25) is 9.59 Å². The summed E-state index contributed by atoms with van der Waals surface area (Å²) in [7, 11) is 0. The van der Waals surface area contributed by atoms with E-state index in [1.54, 1.807) is 23.5 Å². The van der Waals surface area contributed by atoms with Crippen molar-refractivity contribution < 1.29 is 24.2 Å². The minimum Gasteiger partial charge on any atom is -0.493 e. The van der Waals surface area contributed by atoms with Crippen molar-refractivity contribution in [2.75, 3.05) is 13.2 Å². The Balaban J connectivity index is 1.61. The van der Waals surface area contributed by atoms with Crippen LogP contribution in [-0.2, 0) is 19.5 Å². The van der Waals surface area contributed by atoms with Gasteiger partial charge in [-0.25, -0.2) is 9.78 Å². The van der Waals surface area contributed by atoms with Crippen molar-refractivity contribution >= 4 is 29.1 Å². The molecule has 4 aromatic rings. The van der Waals surface area contributed by atoms with Crippen LogP contribution in [0.15, 0.2) is 60.0 Å². The summed E-state index contributed by atoms with van der Waals surface area (Å²) in [6.45, 7) is 3.44. The molecule has 0 saturated carbocycles. The number of ether oxygens (including phenoxy) is 1. The van der Waals surface area contributed by atoms with Crippen molar-refractivity contribution in [2.24, 2.45) is 5.73 Å². The molecule has 2 amide bonds. The quantitative estimate of drug-likeness (QED) is 0.230. The molecule has 5 rings (SSSR count). The summed E-state index contributed by atoms with van der Waals surface area (Å²) in [4.78, 5) is 43.8. The number of nitrogens with two attached hydrogens (primary N) is 1. The van der Waals surface area contributed by atoms with Crippen molar-refractivity contribution in [1.82, 2.24) is 15.6 Å². The maximum absolute atomic E-state index is 13.8. The predicted molar refractivity (Wildman–Crippen MR) is 157 cm³/mol. The Morgan fingerprint density at radius 3 is 2.61 bits per heavy atom. The standard InChI is InChI=1S/C31H30N4O5S/c1-2-10-33-30(37)25-7-6-21(27(35-25)31(38)39)22-15-26-24(28-20(8-11-40-26)9-12-41-28)14-23(22)29(36)34-17-19-5-3-4-18(13-19)16-32/h3-7,9,12-15H,2,8,10-11,16-17,32H2,1H3,(H,33,37)(H,34,36)(H,38,39). The van der Waals surface area contributed by atoms with Crippen LogP contribution in [0.2, 0.25) is 0 Å². The van der Waals surface area contributed by atoms with E-state index in [1.807, 2.05) is 42.6 Å². The summed E-state index contributed by atoms with van der Waals surface area (Å²) in [5.41, 5.74) is 9.99. The maximum atomic E-state index is 13.8. The van der Waals surface area contributed by atoms with Crippen molar-refractivity contribution in [1.29, 1.82) is 0 Å². The Hall–Kier alpha value is -4.54. The van der Waals surface area contributed by atoms with E-state index in [0.717, 1.165) is 33.6 Å². The predicted octanol–water partition coefficient (Wildman–Crippen LogP) is 4.64. The molecule has 10 heteroatoms. The highest BCUT2D eigenvalue weighted by atomic mass is 32.1. The molecule has 2 aromatic carbocycles. The molecule has 1 aliphatic rings. The van der Waals surface area contributed by atoms with Crippen LogP contribution < -0.4 is 21.1 Å². The highest BCUT2D eigenvalue weighted by molar-refractivity contribution is 7.13. The number of aromatic carboxylic acids is 1. The van der Waals surface area contributed by atoms with E-state index in [9.17, 15) is 19.5 Å². The first kappa shape index (κ1) is 28.0. The SMILES string of the molecule is CCCNC(=O)c1ccc(-c2cc3c(cc2C(=O)NCc2cccc(CN)c2)-c2sccc2CCO3)c(C(=O)O)n1. The highest BCUT2D eigenvalue weighted by Gasteiger charge is 2.26. The fourth-order valence-electron chi connectivity index (χ4n) is 4.77. The van der Waals surface area contributed by atoms with Gasteiger partial charge in [-0.1, -0.05) is 31.2 Å². The number of pyridine rings is 1. The minimum absolute atomic E-state index is 0.0142. The number of carbonyl (C=O) groups is 3. The fourth-order valence-corrected chi connectivity index (χ4v) is 5.74. The Morgan fingerprint density at radius 1 is 1.00 bits per heavy atom. The summed E-state index contributed by atoms with van der Waals surface area (Å²) >= 11 is 1.56. The Bertz CT molecular complexity index is 1630. The van der Waals surface area contributed by atoms with Crippen LogP contribution in [0.1, 0.15) is 61.4 Å². The first-order valence-corrected chi connectivity index (χ1v) is 14.2. The number of fused-ring (bicyclic) bond motifs is 3. The second-order valence-electron chi connectivity index (χ2n) is 9.63. The Labute approximate surface area is 241 Å². The normalized spacial score (nSPS) is 12.0. The maximum Gasteiger partial charge on any atom is 0.355 e. The van der Waals surface area contributed by atoms with E-state index >= 15 is 0 Å². The van der Waals surface area contributed by atoms with Gasteiger partial charge in [0.2, 0.25) is 0 Å². The number of aromatic nitrogens is 1. The first-order valence-electron chi connectivity index (χ1n) is 13.4. The summed E-state index contributed by atoms with van der Waals surface area (Å²) in [5, 5.41) is 17.8. The van der Waals surface area contributed by atoms with Crippen LogP contribution in [0, 0.1) is 0 Å². The van der Waals surface area contributed by atoms with Crippen LogP contribution in [0.3, 0.4) is 0 Å². The van der Waals surface area contributed by atoms with Crippen molar-refractivity contribution in [3.05, 3.63) is 93.6 Å². The summed E-state index contributed by atoms with van der Waals surface area (Å²) in [5.74, 6) is -1.61. The molecular formula is C31H30N4O5S. The van der Waals surface area contributed by atoms with Gasteiger partial charge in [-0.2, -0.15) is 0 Å². The number of carbonyl (C=O) groups excluding carboxylic acids is 2. The molecule has 0 bridgehead atoms. The smallest absolute Gasteiger partial charge is 0.355 e. The third-order valence-electron chi connectivity index (χ3n) is 6.82. The van der Waals surface area contributed by atoms with Gasteiger partial charge in [0.05, 0.1) is 6.61 Å². The van der Waals surface area contributed by atoms with Gasteiger partial charge >= 0.3 is 5.97 Å². The molecule has 0 unspecified atom stereocenters. The molecule has 9 nitrogen and oxygen atoms in total. The molecule has 210 valence electrons. The number of hydrogen-bond donors (Lipinski definition) is 4. The van der Waals surface area contributed by atoms with Crippen LogP contribution in [-0.4, -0.2) is 41.0 Å². The number of benzene rings is 2. The van der Waals surface area contributed by atoms with E-state index in [4.69, 9.17) is 10.5 Å². The topological polar surface area (TPSA) is 144 Å². The lowest BCUT2D eigenvalue weighted by Crippen LogP contribution is -2.26. The highest BCUT2D eigenvalue weighted by Crippen LogP contribution is 2.43. The molecule has 5 N–H and O–H groups in total. The molecule has 0 fully saturated rings. The largest absolute Gasteiger partial charge is 0.493 e. The summed E-state index contributed by atoms with van der Waals surface area (Å²) in [6.07, 6.45) is 1.44. The third-order valence-corrected chi connectivity index (χ3v) is 7.81. The van der Waals surface area contributed by atoms with Gasteiger partial charge in [-0.05, 0) is 58.8 Å². The summed E-state index contributed by atoms with van der Waals surface area (Å²) < 4.78 is 6.08. The zero-order valence-electron chi connectivity index (χ0n) is 22.5. The molecule has 41 heavy (non-hydrogen) atoms. The van der Waals surface area contributed by atoms with Gasteiger partial charge in [-0.15, -0.1) is 11.3 Å². The van der Waals surface area contributed by atoms with Crippen molar-refractivity contribution in [3.8, 4) is 27.3 Å². The lowest BCUT2D eigenvalue weighted by atomic mass is 9.93. The van der Waals surface area contributed by atoms with Crippen LogP contribution in [0.5, 0.6) is 5.75 Å². The molecule has 1 aliphatic heterocycles. The number of amides is 2. The molecular weight excluding hydrogens is 540 g/mol. The molecule has 2 aromatic heterocycles. The van der Waals surface area contributed by atoms with Gasteiger partial charge in [0.25, 0.3) is 11.8 Å². The molecule has 0 radical (unpaired) electrons. The van der Waals surface area contributed by atoms with E-state index in [2.05, 4.69) is 15.6 Å². The van der Waals surface area contributed by atoms with Crippen LogP contribution >= 0.6 is 11.3 Å². The van der Waals surface area contributed by atoms with E-state index in [-0.39, 0.29) is 35.0 Å². The number of rotatable bonds is 9. The van der Waals surface area contributed by atoms with Crippen molar-refractivity contribution in [2.45, 2.75) is 32.9 Å². The fraction of sp³-hybridized carbons (Fsp3) is 0.226. The number of carboxylic acids is 1. The number of hydrogen-bond acceptors (Lipinski definition) is 7. The zero-order valence-corrected chi connectivity index (χ0v) is 23.3. The lowest BCUT2D eigenvalue weighted by Gasteiger charge is -2.17. The molecule has 0 atom stereocenters. The first-order chi connectivity index (χ1) is 19.9. The van der Waals surface area contributed by atoms with E-state index in [0.29, 0.717) is 37.4 Å². The van der Waals surface area contributed by atoms with E-state index in [1.165, 1.54) is 12.1 Å².